The minimum Gasteiger partial charge on any atom is -0.301 e. The van der Waals surface area contributed by atoms with E-state index in [9.17, 15) is 4.79 Å². The molecule has 1 nitrogen and oxygen atoms in total. The van der Waals surface area contributed by atoms with Crippen LogP contribution < -0.4 is 0 Å². The second-order valence-corrected chi connectivity index (χ2v) is 8.11. The molecule has 52 valence electrons. The number of hydrogen-bond acceptors (Lipinski definition) is 1. The Balaban J connectivity index is 4.06. The molecule has 9 heavy (non-hydrogen) atoms. The first-order valence-corrected chi connectivity index (χ1v) is 6.65. The molecule has 0 spiro atoms. The van der Waals surface area contributed by atoms with Crippen LogP contribution in [0.2, 0.25) is 19.6 Å². The lowest BCUT2D eigenvalue weighted by atomic mass is 10.6. The van der Waals surface area contributed by atoms with Gasteiger partial charge in [-0.2, -0.15) is 0 Å². The summed E-state index contributed by atoms with van der Waals surface area (Å²) >= 11 is 0. The largest absolute Gasteiger partial charge is 0.301 e. The van der Waals surface area contributed by atoms with Crippen LogP contribution in [0.4, 0.5) is 0 Å². The van der Waals surface area contributed by atoms with Gasteiger partial charge in [0.1, 0.15) is 13.5 Å². The summed E-state index contributed by atoms with van der Waals surface area (Å²) in [5.74, 6) is 0. The molecule has 0 aliphatic carbocycles. The number of carbonyl (C=O) groups excluding carboxylic acids is 1. The molecule has 0 rings (SSSR count). The quantitative estimate of drug-likeness (QED) is 0.426. The summed E-state index contributed by atoms with van der Waals surface area (Å²) in [5, 5.41) is 0.324. The van der Waals surface area contributed by atoms with Crippen molar-refractivity contribution in [1.82, 2.24) is 0 Å². The molecule has 0 aliphatic rings. The van der Waals surface area contributed by atoms with E-state index < -0.39 is 8.07 Å². The van der Waals surface area contributed by atoms with E-state index in [0.717, 1.165) is 0 Å². The van der Waals surface area contributed by atoms with Crippen LogP contribution in [-0.2, 0) is 4.79 Å². The van der Waals surface area contributed by atoms with Crippen LogP contribution in [0.15, 0.2) is 12.2 Å². The van der Waals surface area contributed by atoms with Crippen molar-refractivity contribution in [2.45, 2.75) is 26.6 Å². The Labute approximate surface area is 57.8 Å². The van der Waals surface area contributed by atoms with Gasteiger partial charge >= 0.3 is 0 Å². The monoisotopic (exact) mass is 142 g/mol. The Kier molecular flexibility index (Phi) is 2.84. The fourth-order valence-electron chi connectivity index (χ4n) is 0.401. The normalized spacial score (nSPS) is 12.4. The number of hydrogen-bond donors (Lipinski definition) is 0. The molecule has 0 aromatic rings. The molecule has 2 heteroatoms. The highest BCUT2D eigenvalue weighted by Crippen LogP contribution is 2.02. The van der Waals surface area contributed by atoms with Crippen molar-refractivity contribution in [1.29, 1.82) is 0 Å². The van der Waals surface area contributed by atoms with Crippen LogP contribution in [-0.4, -0.2) is 13.5 Å². The third-order valence-electron chi connectivity index (χ3n) is 1.06. The summed E-state index contributed by atoms with van der Waals surface area (Å²) in [7, 11) is -1.51. The first-order chi connectivity index (χ1) is 3.98. The van der Waals surface area contributed by atoms with Gasteiger partial charge in [-0.3, -0.25) is 0 Å². The lowest BCUT2D eigenvalue weighted by Crippen LogP contribution is -2.31. The van der Waals surface area contributed by atoms with Crippen molar-refractivity contribution in [3.8, 4) is 0 Å². The Bertz CT molecular complexity index is 130. The van der Waals surface area contributed by atoms with Crippen molar-refractivity contribution < 1.29 is 4.79 Å². The summed E-state index contributed by atoms with van der Waals surface area (Å²) in [6, 6.07) is 0. The van der Waals surface area contributed by atoms with E-state index in [2.05, 4.69) is 19.6 Å². The standard InChI is InChI=1S/C7H14OSi/c1-5-6-7(8)9(2,3)4/h5-6H,1-4H3/b6-5+. The zero-order valence-corrected chi connectivity index (χ0v) is 7.56. The zero-order valence-electron chi connectivity index (χ0n) is 6.56. The first kappa shape index (κ1) is 8.63. The molecule has 0 heterocycles. The Morgan fingerprint density at radius 1 is 1.33 bits per heavy atom. The Morgan fingerprint density at radius 2 is 1.78 bits per heavy atom. The third-order valence-corrected chi connectivity index (χ3v) is 2.70. The van der Waals surface area contributed by atoms with Gasteiger partial charge in [-0.05, 0) is 13.0 Å². The van der Waals surface area contributed by atoms with E-state index in [0.29, 0.717) is 5.41 Å². The van der Waals surface area contributed by atoms with Crippen molar-refractivity contribution in [2.24, 2.45) is 0 Å². The minimum atomic E-state index is -1.51. The van der Waals surface area contributed by atoms with E-state index in [1.54, 1.807) is 12.2 Å². The molecule has 0 aliphatic heterocycles. The van der Waals surface area contributed by atoms with Gasteiger partial charge < -0.3 is 4.79 Å². The third kappa shape index (κ3) is 3.24. The zero-order chi connectivity index (χ0) is 7.49. The molecule has 0 radical (unpaired) electrons. The predicted octanol–water partition coefficient (Wildman–Crippen LogP) is 2.01. The predicted molar refractivity (Wildman–Crippen MR) is 43.2 cm³/mol. The van der Waals surface area contributed by atoms with Crippen LogP contribution in [0.5, 0.6) is 0 Å². The number of carbonyl (C=O) groups is 1. The molecule has 0 unspecified atom stereocenters. The van der Waals surface area contributed by atoms with Crippen molar-refractivity contribution in [2.75, 3.05) is 0 Å². The van der Waals surface area contributed by atoms with Gasteiger partial charge in [-0.15, -0.1) is 0 Å². The van der Waals surface area contributed by atoms with Gasteiger partial charge in [-0.1, -0.05) is 25.7 Å². The molecule has 0 saturated heterocycles. The highest BCUT2D eigenvalue weighted by Gasteiger charge is 2.20. The van der Waals surface area contributed by atoms with Crippen LogP contribution >= 0.6 is 0 Å². The van der Waals surface area contributed by atoms with Crippen LogP contribution in [0.25, 0.3) is 0 Å². The molecule has 0 aromatic heterocycles. The van der Waals surface area contributed by atoms with Crippen LogP contribution in [0.1, 0.15) is 6.92 Å². The molecule has 0 N–H and O–H groups in total. The summed E-state index contributed by atoms with van der Waals surface area (Å²) in [4.78, 5) is 11.0. The smallest absolute Gasteiger partial charge is 0.132 e. The fraction of sp³-hybridized carbons (Fsp3) is 0.571. The summed E-state index contributed by atoms with van der Waals surface area (Å²) in [5.41, 5.74) is 0. The topological polar surface area (TPSA) is 17.1 Å². The Hall–Kier alpha value is -0.373. The van der Waals surface area contributed by atoms with Gasteiger partial charge in [0, 0.05) is 0 Å². The van der Waals surface area contributed by atoms with Crippen LogP contribution in [0, 0.1) is 0 Å². The maximum Gasteiger partial charge on any atom is 0.132 e. The van der Waals surface area contributed by atoms with Crippen molar-refractivity contribution in [3.63, 3.8) is 0 Å². The highest BCUT2D eigenvalue weighted by atomic mass is 28.3. The van der Waals surface area contributed by atoms with Gasteiger partial charge in [0.15, 0.2) is 0 Å². The lowest BCUT2D eigenvalue weighted by Gasteiger charge is -2.09. The molecule has 0 aromatic carbocycles. The second-order valence-electron chi connectivity index (χ2n) is 3.11. The number of allylic oxidation sites excluding steroid dienone is 2. The first-order valence-electron chi connectivity index (χ1n) is 3.15. The molecular formula is C7H14OSi. The van der Waals surface area contributed by atoms with Gasteiger partial charge in [0.05, 0.1) is 0 Å². The average Bonchev–Trinajstić information content (AvgIpc) is 1.64. The molecule has 0 atom stereocenters. The van der Waals surface area contributed by atoms with Crippen molar-refractivity contribution >= 4 is 13.5 Å². The second kappa shape index (κ2) is 2.97. The number of rotatable bonds is 2. The lowest BCUT2D eigenvalue weighted by molar-refractivity contribution is -0.108. The average molecular weight is 142 g/mol. The summed E-state index contributed by atoms with van der Waals surface area (Å²) in [6.45, 7) is 8.03. The summed E-state index contributed by atoms with van der Waals surface area (Å²) in [6.07, 6.45) is 3.48. The van der Waals surface area contributed by atoms with Crippen molar-refractivity contribution in [3.05, 3.63) is 12.2 Å². The van der Waals surface area contributed by atoms with E-state index in [1.165, 1.54) is 0 Å². The molecular weight excluding hydrogens is 128 g/mol. The maximum atomic E-state index is 11.0. The van der Waals surface area contributed by atoms with Crippen LogP contribution in [0.3, 0.4) is 0 Å². The minimum absolute atomic E-state index is 0.324. The highest BCUT2D eigenvalue weighted by molar-refractivity contribution is 7.04. The molecule has 0 saturated carbocycles. The SMILES string of the molecule is C/C=C/C(=O)[Si](C)(C)C. The molecule has 0 fully saturated rings. The molecule has 0 amide bonds. The van der Waals surface area contributed by atoms with Gasteiger partial charge in [-0.25, -0.2) is 0 Å². The van der Waals surface area contributed by atoms with E-state index >= 15 is 0 Å². The van der Waals surface area contributed by atoms with Gasteiger partial charge in [0.2, 0.25) is 0 Å². The van der Waals surface area contributed by atoms with E-state index in [-0.39, 0.29) is 0 Å². The summed E-state index contributed by atoms with van der Waals surface area (Å²) < 4.78 is 0. The van der Waals surface area contributed by atoms with E-state index in [4.69, 9.17) is 0 Å². The molecule has 0 bridgehead atoms. The van der Waals surface area contributed by atoms with E-state index in [1.807, 2.05) is 6.92 Å². The maximum absolute atomic E-state index is 11.0. The fourth-order valence-corrected chi connectivity index (χ4v) is 1.07. The van der Waals surface area contributed by atoms with Gasteiger partial charge in [0.25, 0.3) is 0 Å². The Morgan fingerprint density at radius 3 is 1.89 bits per heavy atom.